The van der Waals surface area contributed by atoms with E-state index >= 15 is 0 Å². The van der Waals surface area contributed by atoms with Gasteiger partial charge in [0.15, 0.2) is 11.5 Å². The molecule has 1 aliphatic carbocycles. The monoisotopic (exact) mass is 229 g/mol. The second-order valence-corrected chi connectivity index (χ2v) is 5.04. The summed E-state index contributed by atoms with van der Waals surface area (Å²) in [6.45, 7) is 4.13. The molecule has 0 unspecified atom stereocenters. The summed E-state index contributed by atoms with van der Waals surface area (Å²) in [7, 11) is 0. The molecular formula is C14H15NO2. The first kappa shape index (κ1) is 10.5. The predicted octanol–water partition coefficient (Wildman–Crippen LogP) is 3.25. The zero-order valence-electron chi connectivity index (χ0n) is 10.0. The maximum Gasteiger partial charge on any atom is 0.198 e. The molecule has 1 fully saturated rings. The second kappa shape index (κ2) is 3.69. The van der Waals surface area contributed by atoms with Gasteiger partial charge in [0, 0.05) is 17.4 Å². The van der Waals surface area contributed by atoms with Crippen molar-refractivity contribution in [2.24, 2.45) is 5.92 Å². The van der Waals surface area contributed by atoms with Crippen molar-refractivity contribution in [1.29, 1.82) is 0 Å². The van der Waals surface area contributed by atoms with Gasteiger partial charge in [-0.05, 0) is 18.4 Å². The molecule has 1 aromatic heterocycles. The number of benzene rings is 1. The zero-order chi connectivity index (χ0) is 12.0. The van der Waals surface area contributed by atoms with Gasteiger partial charge in [0.05, 0.1) is 0 Å². The molecule has 1 aromatic carbocycles. The number of aldehydes is 1. The summed E-state index contributed by atoms with van der Waals surface area (Å²) in [4.78, 5) is 15.2. The van der Waals surface area contributed by atoms with E-state index in [1.165, 1.54) is 0 Å². The van der Waals surface area contributed by atoms with Crippen LogP contribution in [0.4, 0.5) is 0 Å². The van der Waals surface area contributed by atoms with Crippen LogP contribution in [-0.2, 0) is 4.79 Å². The van der Waals surface area contributed by atoms with Crippen LogP contribution in [0.3, 0.4) is 0 Å². The summed E-state index contributed by atoms with van der Waals surface area (Å²) in [5.41, 5.74) is 2.91. The predicted molar refractivity (Wildman–Crippen MR) is 65.0 cm³/mol. The van der Waals surface area contributed by atoms with Gasteiger partial charge in [-0.1, -0.05) is 26.0 Å². The third kappa shape index (κ3) is 1.66. The number of para-hydroxylation sites is 1. The maximum absolute atomic E-state index is 10.8. The lowest BCUT2D eigenvalue weighted by Crippen LogP contribution is -1.85. The Bertz CT molecular complexity index is 571. The Kier molecular flexibility index (Phi) is 2.28. The van der Waals surface area contributed by atoms with Gasteiger partial charge in [0.1, 0.15) is 11.8 Å². The van der Waals surface area contributed by atoms with E-state index in [1.54, 1.807) is 0 Å². The van der Waals surface area contributed by atoms with Crippen LogP contribution < -0.4 is 0 Å². The molecule has 3 rings (SSSR count). The van der Waals surface area contributed by atoms with Crippen LogP contribution in [0.15, 0.2) is 22.6 Å². The fourth-order valence-electron chi connectivity index (χ4n) is 2.25. The molecule has 3 heteroatoms. The molecule has 0 spiro atoms. The van der Waals surface area contributed by atoms with Gasteiger partial charge in [-0.2, -0.15) is 0 Å². The highest BCUT2D eigenvalue weighted by Crippen LogP contribution is 2.48. The lowest BCUT2D eigenvalue weighted by atomic mass is 10.1. The molecule has 0 bridgehead atoms. The minimum Gasteiger partial charge on any atom is -0.440 e. The van der Waals surface area contributed by atoms with Gasteiger partial charge in [0.2, 0.25) is 0 Å². The first-order chi connectivity index (χ1) is 8.20. The van der Waals surface area contributed by atoms with E-state index < -0.39 is 0 Å². The average Bonchev–Trinajstić information content (AvgIpc) is 2.96. The van der Waals surface area contributed by atoms with Gasteiger partial charge in [-0.3, -0.25) is 0 Å². The van der Waals surface area contributed by atoms with E-state index in [0.29, 0.717) is 5.92 Å². The van der Waals surface area contributed by atoms with Crippen molar-refractivity contribution < 1.29 is 9.21 Å². The van der Waals surface area contributed by atoms with Crippen LogP contribution >= 0.6 is 0 Å². The van der Waals surface area contributed by atoms with E-state index in [2.05, 4.69) is 18.8 Å². The standard InChI is InChI=1S/C14H15NO2/c1-8(2)14-15-12-5-3-4-10(13(12)17-14)11-6-9(11)7-16/h3-5,7-9,11H,6H2,1-2H3/t9-,11+/m0/s1. The molecule has 88 valence electrons. The van der Waals surface area contributed by atoms with Crippen molar-refractivity contribution in [2.75, 3.05) is 0 Å². The Hall–Kier alpha value is -1.64. The highest BCUT2D eigenvalue weighted by Gasteiger charge is 2.39. The molecular weight excluding hydrogens is 214 g/mol. The summed E-state index contributed by atoms with van der Waals surface area (Å²) < 4.78 is 5.83. The molecule has 17 heavy (non-hydrogen) atoms. The summed E-state index contributed by atoms with van der Waals surface area (Å²) in [5.74, 6) is 1.57. The molecule has 2 aromatic rings. The summed E-state index contributed by atoms with van der Waals surface area (Å²) in [6, 6.07) is 6.00. The number of hydrogen-bond donors (Lipinski definition) is 0. The number of carbonyl (C=O) groups excluding carboxylic acids is 1. The first-order valence-corrected chi connectivity index (χ1v) is 6.05. The van der Waals surface area contributed by atoms with Crippen molar-refractivity contribution in [1.82, 2.24) is 4.98 Å². The maximum atomic E-state index is 10.8. The Morgan fingerprint density at radius 1 is 1.47 bits per heavy atom. The number of carbonyl (C=O) groups is 1. The van der Waals surface area contributed by atoms with E-state index in [-0.39, 0.29) is 11.8 Å². The average molecular weight is 229 g/mol. The molecule has 0 N–H and O–H groups in total. The topological polar surface area (TPSA) is 43.1 Å². The number of hydrogen-bond acceptors (Lipinski definition) is 3. The van der Waals surface area contributed by atoms with E-state index in [0.717, 1.165) is 35.3 Å². The highest BCUT2D eigenvalue weighted by molar-refractivity contribution is 5.79. The highest BCUT2D eigenvalue weighted by atomic mass is 16.3. The SMILES string of the molecule is CC(C)c1nc2cccc([C@@H]3C[C@H]3C=O)c2o1. The van der Waals surface area contributed by atoms with Crippen molar-refractivity contribution in [3.63, 3.8) is 0 Å². The molecule has 3 nitrogen and oxygen atoms in total. The van der Waals surface area contributed by atoms with Gasteiger partial charge < -0.3 is 9.21 Å². The number of nitrogens with zero attached hydrogens (tertiary/aromatic N) is 1. The van der Waals surface area contributed by atoms with Crippen LogP contribution in [-0.4, -0.2) is 11.3 Å². The molecule has 0 radical (unpaired) electrons. The summed E-state index contributed by atoms with van der Waals surface area (Å²) >= 11 is 0. The van der Waals surface area contributed by atoms with E-state index in [1.807, 2.05) is 18.2 Å². The number of fused-ring (bicyclic) bond motifs is 1. The van der Waals surface area contributed by atoms with Crippen molar-refractivity contribution in [2.45, 2.75) is 32.1 Å². The Labute approximate surface area is 99.8 Å². The molecule has 1 aliphatic rings. The minimum absolute atomic E-state index is 0.174. The van der Waals surface area contributed by atoms with Gasteiger partial charge in [0.25, 0.3) is 0 Å². The van der Waals surface area contributed by atoms with Crippen molar-refractivity contribution >= 4 is 17.4 Å². The number of rotatable bonds is 3. The van der Waals surface area contributed by atoms with Gasteiger partial charge in [-0.15, -0.1) is 0 Å². The van der Waals surface area contributed by atoms with Crippen molar-refractivity contribution in [3.05, 3.63) is 29.7 Å². The fourth-order valence-corrected chi connectivity index (χ4v) is 2.25. The van der Waals surface area contributed by atoms with Crippen LogP contribution in [0.5, 0.6) is 0 Å². The third-order valence-corrected chi connectivity index (χ3v) is 3.37. The van der Waals surface area contributed by atoms with Crippen molar-refractivity contribution in [3.8, 4) is 0 Å². The van der Waals surface area contributed by atoms with Gasteiger partial charge in [-0.25, -0.2) is 4.98 Å². The lowest BCUT2D eigenvalue weighted by Gasteiger charge is -1.98. The molecule has 0 amide bonds. The molecule has 0 saturated heterocycles. The Balaban J connectivity index is 2.09. The molecule has 1 saturated carbocycles. The normalized spacial score (nSPS) is 23.2. The molecule has 2 atom stereocenters. The second-order valence-electron chi connectivity index (χ2n) is 5.04. The van der Waals surface area contributed by atoms with Crippen LogP contribution in [0.25, 0.3) is 11.1 Å². The lowest BCUT2D eigenvalue weighted by molar-refractivity contribution is -0.108. The smallest absolute Gasteiger partial charge is 0.198 e. The zero-order valence-corrected chi connectivity index (χ0v) is 10.0. The summed E-state index contributed by atoms with van der Waals surface area (Å²) in [6.07, 6.45) is 1.99. The first-order valence-electron chi connectivity index (χ1n) is 6.05. The summed E-state index contributed by atoms with van der Waals surface area (Å²) in [5, 5.41) is 0. The molecule has 1 heterocycles. The number of oxazole rings is 1. The van der Waals surface area contributed by atoms with Crippen LogP contribution in [0.2, 0.25) is 0 Å². The fraction of sp³-hybridized carbons (Fsp3) is 0.429. The quantitative estimate of drug-likeness (QED) is 0.759. The van der Waals surface area contributed by atoms with E-state index in [4.69, 9.17) is 4.42 Å². The van der Waals surface area contributed by atoms with Crippen LogP contribution in [0, 0.1) is 5.92 Å². The Morgan fingerprint density at radius 2 is 2.29 bits per heavy atom. The third-order valence-electron chi connectivity index (χ3n) is 3.37. The largest absolute Gasteiger partial charge is 0.440 e. The minimum atomic E-state index is 0.174. The van der Waals surface area contributed by atoms with E-state index in [9.17, 15) is 4.79 Å². The van der Waals surface area contributed by atoms with Gasteiger partial charge >= 0.3 is 0 Å². The Morgan fingerprint density at radius 3 is 2.94 bits per heavy atom. The number of aromatic nitrogens is 1. The molecule has 0 aliphatic heterocycles. The van der Waals surface area contributed by atoms with Crippen LogP contribution in [0.1, 0.15) is 43.6 Å².